The summed E-state index contributed by atoms with van der Waals surface area (Å²) in [7, 11) is -1.22. The Bertz CT molecular complexity index is 522. The normalized spacial score (nSPS) is 24.0. The van der Waals surface area contributed by atoms with E-state index in [1.807, 2.05) is 25.2 Å². The van der Waals surface area contributed by atoms with Gasteiger partial charge in [0, 0.05) is 6.04 Å². The zero-order chi connectivity index (χ0) is 13.3. The number of nitrogens with one attached hydrogen (secondary N) is 1. The van der Waals surface area contributed by atoms with Crippen LogP contribution in [0.3, 0.4) is 0 Å². The molecule has 0 saturated heterocycles. The summed E-state index contributed by atoms with van der Waals surface area (Å²) in [6.07, 6.45) is 1.56. The van der Waals surface area contributed by atoms with E-state index in [1.165, 1.54) is 5.56 Å². The highest BCUT2D eigenvalue weighted by molar-refractivity contribution is 7.92. The SMILES string of the molecule is CNC1c2ccccc2CCC1S(=O)(=O)C(C)C. The van der Waals surface area contributed by atoms with Crippen molar-refractivity contribution in [2.45, 2.75) is 43.2 Å². The molecule has 2 atom stereocenters. The molecule has 1 N–H and O–H groups in total. The molecule has 2 unspecified atom stereocenters. The van der Waals surface area contributed by atoms with Gasteiger partial charge in [0.05, 0.1) is 10.5 Å². The van der Waals surface area contributed by atoms with E-state index in [9.17, 15) is 8.42 Å². The van der Waals surface area contributed by atoms with E-state index in [2.05, 4.69) is 11.4 Å². The molecular weight excluding hydrogens is 246 g/mol. The van der Waals surface area contributed by atoms with E-state index in [0.29, 0.717) is 6.42 Å². The van der Waals surface area contributed by atoms with Gasteiger partial charge in [-0.05, 0) is 44.9 Å². The Morgan fingerprint density at radius 2 is 1.94 bits per heavy atom. The quantitative estimate of drug-likeness (QED) is 0.912. The number of fused-ring (bicyclic) bond motifs is 1. The first-order chi connectivity index (χ1) is 8.48. The Labute approximate surface area is 110 Å². The van der Waals surface area contributed by atoms with Crippen molar-refractivity contribution in [1.82, 2.24) is 5.32 Å². The molecule has 3 nitrogen and oxygen atoms in total. The number of hydrogen-bond acceptors (Lipinski definition) is 3. The molecule has 0 fully saturated rings. The van der Waals surface area contributed by atoms with E-state index >= 15 is 0 Å². The highest BCUT2D eigenvalue weighted by Gasteiger charge is 2.38. The lowest BCUT2D eigenvalue weighted by atomic mass is 9.87. The van der Waals surface area contributed by atoms with E-state index in [0.717, 1.165) is 12.0 Å². The molecule has 1 aromatic rings. The van der Waals surface area contributed by atoms with Crippen LogP contribution >= 0.6 is 0 Å². The lowest BCUT2D eigenvalue weighted by molar-refractivity contribution is 0.471. The number of aryl methyl sites for hydroxylation is 1. The van der Waals surface area contributed by atoms with Crippen LogP contribution in [0, 0.1) is 0 Å². The van der Waals surface area contributed by atoms with E-state index in [4.69, 9.17) is 0 Å². The van der Waals surface area contributed by atoms with Gasteiger partial charge in [-0.1, -0.05) is 24.3 Å². The minimum absolute atomic E-state index is 0.0812. The van der Waals surface area contributed by atoms with Crippen LogP contribution < -0.4 is 5.32 Å². The molecule has 1 aromatic carbocycles. The fraction of sp³-hybridized carbons (Fsp3) is 0.571. The second-order valence-corrected chi connectivity index (χ2v) is 7.91. The van der Waals surface area contributed by atoms with Gasteiger partial charge >= 0.3 is 0 Å². The lowest BCUT2D eigenvalue weighted by Crippen LogP contribution is -2.42. The van der Waals surface area contributed by atoms with Crippen LogP contribution in [0.1, 0.15) is 37.4 Å². The van der Waals surface area contributed by atoms with Crippen LogP contribution in [0.4, 0.5) is 0 Å². The van der Waals surface area contributed by atoms with Crippen LogP contribution in [-0.4, -0.2) is 26.0 Å². The highest BCUT2D eigenvalue weighted by Crippen LogP contribution is 2.35. The third-order valence-corrected chi connectivity index (χ3v) is 6.52. The minimum Gasteiger partial charge on any atom is -0.312 e. The molecule has 0 saturated carbocycles. The first-order valence-corrected chi connectivity index (χ1v) is 8.07. The van der Waals surface area contributed by atoms with Crippen molar-refractivity contribution in [1.29, 1.82) is 0 Å². The van der Waals surface area contributed by atoms with Gasteiger partial charge in [-0.25, -0.2) is 8.42 Å². The van der Waals surface area contributed by atoms with E-state index in [-0.39, 0.29) is 16.5 Å². The summed E-state index contributed by atoms with van der Waals surface area (Å²) in [5.74, 6) is 0. The molecule has 100 valence electrons. The van der Waals surface area contributed by atoms with Crippen molar-refractivity contribution in [2.75, 3.05) is 7.05 Å². The van der Waals surface area contributed by atoms with Crippen molar-refractivity contribution in [3.63, 3.8) is 0 Å². The van der Waals surface area contributed by atoms with Crippen LogP contribution in [0.5, 0.6) is 0 Å². The maximum Gasteiger partial charge on any atom is 0.157 e. The number of hydrogen-bond donors (Lipinski definition) is 1. The largest absolute Gasteiger partial charge is 0.312 e. The number of benzene rings is 1. The molecular formula is C14H21NO2S. The fourth-order valence-electron chi connectivity index (χ4n) is 2.77. The van der Waals surface area contributed by atoms with Crippen molar-refractivity contribution in [3.05, 3.63) is 35.4 Å². The Morgan fingerprint density at radius 3 is 2.56 bits per heavy atom. The molecule has 4 heteroatoms. The summed E-state index contributed by atoms with van der Waals surface area (Å²) in [6.45, 7) is 3.53. The Hall–Kier alpha value is -0.870. The molecule has 0 heterocycles. The van der Waals surface area contributed by atoms with Crippen LogP contribution in [0.2, 0.25) is 0 Å². The zero-order valence-corrected chi connectivity index (χ0v) is 12.0. The summed E-state index contributed by atoms with van der Waals surface area (Å²) in [4.78, 5) is 0. The Morgan fingerprint density at radius 1 is 1.28 bits per heavy atom. The van der Waals surface area contributed by atoms with Crippen molar-refractivity contribution in [3.8, 4) is 0 Å². The van der Waals surface area contributed by atoms with Crippen LogP contribution in [0.25, 0.3) is 0 Å². The molecule has 2 rings (SSSR count). The standard InChI is InChI=1S/C14H21NO2S/c1-10(2)18(16,17)13-9-8-11-6-4-5-7-12(11)14(13)15-3/h4-7,10,13-15H,8-9H2,1-3H3. The average molecular weight is 267 g/mol. The summed E-state index contributed by atoms with van der Waals surface area (Å²) in [5, 5.41) is 2.57. The second kappa shape index (κ2) is 5.02. The zero-order valence-electron chi connectivity index (χ0n) is 11.2. The van der Waals surface area contributed by atoms with E-state index in [1.54, 1.807) is 13.8 Å². The molecule has 1 aliphatic carbocycles. The molecule has 0 radical (unpaired) electrons. The lowest BCUT2D eigenvalue weighted by Gasteiger charge is -2.34. The van der Waals surface area contributed by atoms with Gasteiger partial charge in [0.1, 0.15) is 0 Å². The monoisotopic (exact) mass is 267 g/mol. The molecule has 0 aliphatic heterocycles. The second-order valence-electron chi connectivity index (χ2n) is 5.18. The van der Waals surface area contributed by atoms with Crippen LogP contribution in [0.15, 0.2) is 24.3 Å². The summed E-state index contributed by atoms with van der Waals surface area (Å²) in [6, 6.07) is 8.05. The summed E-state index contributed by atoms with van der Waals surface area (Å²) in [5.41, 5.74) is 2.41. The Kier molecular flexibility index (Phi) is 3.78. The van der Waals surface area contributed by atoms with Crippen molar-refractivity contribution < 1.29 is 8.42 Å². The van der Waals surface area contributed by atoms with Crippen LogP contribution in [-0.2, 0) is 16.3 Å². The minimum atomic E-state index is -3.07. The van der Waals surface area contributed by atoms with Gasteiger partial charge in [-0.2, -0.15) is 0 Å². The van der Waals surface area contributed by atoms with Crippen molar-refractivity contribution in [2.24, 2.45) is 0 Å². The van der Waals surface area contributed by atoms with E-state index < -0.39 is 9.84 Å². The topological polar surface area (TPSA) is 46.2 Å². The van der Waals surface area contributed by atoms with Gasteiger partial charge in [-0.15, -0.1) is 0 Å². The molecule has 1 aliphatic rings. The molecule has 18 heavy (non-hydrogen) atoms. The average Bonchev–Trinajstić information content (AvgIpc) is 2.36. The molecule has 0 aromatic heterocycles. The first kappa shape index (κ1) is 13.6. The van der Waals surface area contributed by atoms with Gasteiger partial charge in [-0.3, -0.25) is 0 Å². The smallest absolute Gasteiger partial charge is 0.157 e. The van der Waals surface area contributed by atoms with Gasteiger partial charge < -0.3 is 5.32 Å². The molecule has 0 amide bonds. The highest BCUT2D eigenvalue weighted by atomic mass is 32.2. The van der Waals surface area contributed by atoms with Crippen molar-refractivity contribution >= 4 is 9.84 Å². The first-order valence-electron chi connectivity index (χ1n) is 6.46. The molecule has 0 spiro atoms. The maximum atomic E-state index is 12.4. The maximum absolute atomic E-state index is 12.4. The summed E-state index contributed by atoms with van der Waals surface area (Å²) >= 11 is 0. The number of sulfone groups is 1. The van der Waals surface area contributed by atoms with Gasteiger partial charge in [0.25, 0.3) is 0 Å². The summed E-state index contributed by atoms with van der Waals surface area (Å²) < 4.78 is 24.8. The molecule has 0 bridgehead atoms. The third-order valence-electron chi connectivity index (χ3n) is 3.85. The third kappa shape index (κ3) is 2.19. The predicted molar refractivity (Wildman–Crippen MR) is 74.4 cm³/mol. The van der Waals surface area contributed by atoms with Gasteiger partial charge in [0.2, 0.25) is 0 Å². The van der Waals surface area contributed by atoms with Gasteiger partial charge in [0.15, 0.2) is 9.84 Å². The number of rotatable bonds is 3. The Balaban J connectivity index is 2.43. The fourth-order valence-corrected chi connectivity index (χ4v) is 4.58. The predicted octanol–water partition coefficient (Wildman–Crippen LogP) is 2.09.